The fraction of sp³-hybridized carbons (Fsp3) is 0.600. The number of hydrogen-bond donors (Lipinski definition) is 2. The maximum atomic E-state index is 12.4. The minimum absolute atomic E-state index is 0.0953. The highest BCUT2D eigenvalue weighted by molar-refractivity contribution is 5.35. The van der Waals surface area contributed by atoms with E-state index in [9.17, 15) is 8.78 Å². The summed E-state index contributed by atoms with van der Waals surface area (Å²) >= 11 is 0. The Kier molecular flexibility index (Phi) is 5.31. The molecule has 0 radical (unpaired) electrons. The number of para-hydroxylation sites is 1. The Morgan fingerprint density at radius 2 is 2.05 bits per heavy atom. The number of benzene rings is 1. The van der Waals surface area contributed by atoms with Crippen molar-refractivity contribution in [2.75, 3.05) is 6.61 Å². The normalized spacial score (nSPS) is 18.1. The van der Waals surface area contributed by atoms with Gasteiger partial charge in [-0.2, -0.15) is 8.78 Å². The largest absolute Gasteiger partial charge is 0.434 e. The van der Waals surface area contributed by atoms with Crippen LogP contribution in [0.15, 0.2) is 24.3 Å². The lowest BCUT2D eigenvalue weighted by molar-refractivity contribution is -0.0507. The molecule has 1 fully saturated rings. The van der Waals surface area contributed by atoms with Gasteiger partial charge in [-0.1, -0.05) is 18.2 Å². The number of halogens is 2. The highest BCUT2D eigenvalue weighted by Gasteiger charge is 2.32. The number of rotatable bonds is 8. The smallest absolute Gasteiger partial charge is 0.387 e. The Morgan fingerprint density at radius 1 is 1.35 bits per heavy atom. The van der Waals surface area contributed by atoms with Crippen LogP contribution in [0, 0.1) is 5.92 Å². The van der Waals surface area contributed by atoms with Crippen LogP contribution < -0.4 is 10.1 Å². The van der Waals surface area contributed by atoms with Crippen LogP contribution in [0.5, 0.6) is 5.75 Å². The van der Waals surface area contributed by atoms with Crippen LogP contribution in [0.25, 0.3) is 0 Å². The lowest BCUT2D eigenvalue weighted by Crippen LogP contribution is -2.34. The zero-order valence-electron chi connectivity index (χ0n) is 11.6. The minimum Gasteiger partial charge on any atom is -0.434 e. The molecule has 1 aromatic rings. The number of hydrogen-bond acceptors (Lipinski definition) is 3. The van der Waals surface area contributed by atoms with Crippen LogP contribution in [0.2, 0.25) is 0 Å². The van der Waals surface area contributed by atoms with E-state index in [0.717, 1.165) is 5.56 Å². The Bertz CT molecular complexity index is 424. The molecule has 2 atom stereocenters. The highest BCUT2D eigenvalue weighted by atomic mass is 19.3. The molecule has 0 spiro atoms. The summed E-state index contributed by atoms with van der Waals surface area (Å²) in [6.07, 6.45) is 3.02. The average molecular weight is 285 g/mol. The topological polar surface area (TPSA) is 41.5 Å². The van der Waals surface area contributed by atoms with Crippen molar-refractivity contribution in [2.24, 2.45) is 5.92 Å². The molecule has 0 aromatic heterocycles. The summed E-state index contributed by atoms with van der Waals surface area (Å²) in [5.41, 5.74) is 0.719. The second-order valence-corrected chi connectivity index (χ2v) is 5.26. The SMILES string of the molecule is CC(NC(CCO)C1CC1)c1ccccc1OC(F)F. The second kappa shape index (κ2) is 6.99. The number of ether oxygens (including phenoxy) is 1. The standard InChI is InChI=1S/C15H21F2NO2/c1-10(18-13(8-9-19)11-6-7-11)12-4-2-3-5-14(12)20-15(16)17/h2-5,10-11,13,15,18-19H,6-9H2,1H3. The summed E-state index contributed by atoms with van der Waals surface area (Å²) in [4.78, 5) is 0. The molecule has 1 aliphatic rings. The average Bonchev–Trinajstić information content (AvgIpc) is 3.22. The molecule has 0 bridgehead atoms. The predicted octanol–water partition coefficient (Wildman–Crippen LogP) is 3.10. The van der Waals surface area contributed by atoms with Crippen molar-refractivity contribution in [1.29, 1.82) is 0 Å². The molecule has 1 saturated carbocycles. The summed E-state index contributed by atoms with van der Waals surface area (Å²) in [6.45, 7) is -0.753. The first-order valence-corrected chi connectivity index (χ1v) is 7.02. The molecule has 0 amide bonds. The van der Waals surface area contributed by atoms with Gasteiger partial charge in [0.2, 0.25) is 0 Å². The summed E-state index contributed by atoms with van der Waals surface area (Å²) < 4.78 is 29.4. The quantitative estimate of drug-likeness (QED) is 0.771. The minimum atomic E-state index is -2.82. The maximum Gasteiger partial charge on any atom is 0.387 e. The van der Waals surface area contributed by atoms with Gasteiger partial charge in [0.15, 0.2) is 0 Å². The van der Waals surface area contributed by atoms with E-state index in [2.05, 4.69) is 10.1 Å². The molecule has 112 valence electrons. The van der Waals surface area contributed by atoms with E-state index < -0.39 is 6.61 Å². The van der Waals surface area contributed by atoms with E-state index >= 15 is 0 Å². The fourth-order valence-electron chi connectivity index (χ4n) is 2.55. The van der Waals surface area contributed by atoms with Crippen LogP contribution in [0.1, 0.15) is 37.8 Å². The Labute approximate surface area is 117 Å². The van der Waals surface area contributed by atoms with Gasteiger partial charge in [-0.25, -0.2) is 0 Å². The first kappa shape index (κ1) is 15.2. The Balaban J connectivity index is 2.05. The van der Waals surface area contributed by atoms with Crippen LogP contribution in [0.3, 0.4) is 0 Å². The summed E-state index contributed by atoms with van der Waals surface area (Å²) in [5, 5.41) is 12.5. The van der Waals surface area contributed by atoms with Gasteiger partial charge in [0.1, 0.15) is 5.75 Å². The molecule has 20 heavy (non-hydrogen) atoms. The van der Waals surface area contributed by atoms with E-state index in [4.69, 9.17) is 5.11 Å². The third-order valence-corrected chi connectivity index (χ3v) is 3.70. The molecular formula is C15H21F2NO2. The van der Waals surface area contributed by atoms with E-state index in [1.165, 1.54) is 12.8 Å². The highest BCUT2D eigenvalue weighted by Crippen LogP contribution is 2.36. The monoisotopic (exact) mass is 285 g/mol. The Morgan fingerprint density at radius 3 is 2.65 bits per heavy atom. The molecule has 2 N–H and O–H groups in total. The summed E-state index contributed by atoms with van der Waals surface area (Å²) in [6, 6.07) is 6.97. The summed E-state index contributed by atoms with van der Waals surface area (Å²) in [7, 11) is 0. The van der Waals surface area contributed by atoms with Crippen molar-refractivity contribution in [3.63, 3.8) is 0 Å². The molecule has 0 heterocycles. The Hall–Kier alpha value is -1.20. The lowest BCUT2D eigenvalue weighted by Gasteiger charge is -2.24. The van der Waals surface area contributed by atoms with Crippen LogP contribution >= 0.6 is 0 Å². The molecule has 0 saturated heterocycles. The molecule has 5 heteroatoms. The lowest BCUT2D eigenvalue weighted by atomic mass is 10.0. The van der Waals surface area contributed by atoms with Crippen molar-refractivity contribution in [3.05, 3.63) is 29.8 Å². The van der Waals surface area contributed by atoms with Gasteiger partial charge in [-0.05, 0) is 38.2 Å². The molecule has 2 rings (SSSR count). The van der Waals surface area contributed by atoms with Crippen LogP contribution in [-0.2, 0) is 0 Å². The van der Waals surface area contributed by atoms with Crippen molar-refractivity contribution in [2.45, 2.75) is 44.9 Å². The molecule has 1 aromatic carbocycles. The van der Waals surface area contributed by atoms with Crippen molar-refractivity contribution in [1.82, 2.24) is 5.32 Å². The third-order valence-electron chi connectivity index (χ3n) is 3.70. The van der Waals surface area contributed by atoms with Gasteiger partial charge in [-0.15, -0.1) is 0 Å². The van der Waals surface area contributed by atoms with E-state index in [1.807, 2.05) is 13.0 Å². The second-order valence-electron chi connectivity index (χ2n) is 5.26. The summed E-state index contributed by atoms with van der Waals surface area (Å²) in [5.74, 6) is 0.800. The van der Waals surface area contributed by atoms with Gasteiger partial charge in [-0.3, -0.25) is 0 Å². The van der Waals surface area contributed by atoms with Gasteiger partial charge in [0.25, 0.3) is 0 Å². The number of aliphatic hydroxyl groups excluding tert-OH is 1. The van der Waals surface area contributed by atoms with Gasteiger partial charge < -0.3 is 15.2 Å². The van der Waals surface area contributed by atoms with Gasteiger partial charge in [0.05, 0.1) is 0 Å². The van der Waals surface area contributed by atoms with Gasteiger partial charge in [0, 0.05) is 24.3 Å². The van der Waals surface area contributed by atoms with Crippen molar-refractivity contribution < 1.29 is 18.6 Å². The third kappa shape index (κ3) is 4.15. The van der Waals surface area contributed by atoms with Crippen molar-refractivity contribution >= 4 is 0 Å². The molecule has 2 unspecified atom stereocenters. The molecule has 0 aliphatic heterocycles. The maximum absolute atomic E-state index is 12.4. The van der Waals surface area contributed by atoms with Crippen molar-refractivity contribution in [3.8, 4) is 5.75 Å². The molecule has 3 nitrogen and oxygen atoms in total. The molecule has 1 aliphatic carbocycles. The van der Waals surface area contributed by atoms with E-state index in [0.29, 0.717) is 12.3 Å². The first-order valence-electron chi connectivity index (χ1n) is 7.02. The zero-order chi connectivity index (χ0) is 14.5. The molecular weight excluding hydrogens is 264 g/mol. The number of aliphatic hydroxyl groups is 1. The van der Waals surface area contributed by atoms with E-state index in [1.54, 1.807) is 18.2 Å². The van der Waals surface area contributed by atoms with E-state index in [-0.39, 0.29) is 24.4 Å². The first-order chi connectivity index (χ1) is 9.61. The van der Waals surface area contributed by atoms with Crippen LogP contribution in [-0.4, -0.2) is 24.4 Å². The number of nitrogens with one attached hydrogen (secondary N) is 1. The number of alkyl halides is 2. The predicted molar refractivity (Wildman–Crippen MR) is 72.8 cm³/mol. The van der Waals surface area contributed by atoms with Crippen LogP contribution in [0.4, 0.5) is 8.78 Å². The fourth-order valence-corrected chi connectivity index (χ4v) is 2.55. The van der Waals surface area contributed by atoms with Gasteiger partial charge >= 0.3 is 6.61 Å². The zero-order valence-corrected chi connectivity index (χ0v) is 11.6.